The molecule has 0 aromatic heterocycles. The lowest BCUT2D eigenvalue weighted by Crippen LogP contribution is -2.10. The molecule has 0 radical (unpaired) electrons. The minimum absolute atomic E-state index is 0.130. The predicted molar refractivity (Wildman–Crippen MR) is 46.3 cm³/mol. The SMILES string of the molecule is NC[C@@H]1C[C@@]1(F)c1cccc(F)c1. The van der Waals surface area contributed by atoms with Crippen LogP contribution in [0.4, 0.5) is 8.78 Å². The van der Waals surface area contributed by atoms with E-state index in [0.29, 0.717) is 18.5 Å². The number of rotatable bonds is 2. The lowest BCUT2D eigenvalue weighted by Gasteiger charge is -2.06. The second kappa shape index (κ2) is 2.77. The largest absolute Gasteiger partial charge is 0.330 e. The Morgan fingerprint density at radius 2 is 2.31 bits per heavy atom. The lowest BCUT2D eigenvalue weighted by molar-refractivity contribution is 0.287. The Hall–Kier alpha value is -0.960. The number of alkyl halides is 1. The molecule has 0 amide bonds. The van der Waals surface area contributed by atoms with Crippen molar-refractivity contribution in [1.82, 2.24) is 0 Å². The average Bonchev–Trinajstić information content (AvgIpc) is 2.79. The van der Waals surface area contributed by atoms with Crippen molar-refractivity contribution < 1.29 is 8.78 Å². The molecule has 1 nitrogen and oxygen atoms in total. The van der Waals surface area contributed by atoms with Crippen LogP contribution in [0.15, 0.2) is 24.3 Å². The molecule has 0 unspecified atom stereocenters. The monoisotopic (exact) mass is 183 g/mol. The second-order valence-corrected chi connectivity index (χ2v) is 3.51. The molecule has 2 atom stereocenters. The van der Waals surface area contributed by atoms with Gasteiger partial charge in [0.05, 0.1) is 0 Å². The molecule has 1 saturated carbocycles. The summed E-state index contributed by atoms with van der Waals surface area (Å²) in [5.74, 6) is -0.522. The van der Waals surface area contributed by atoms with Crippen molar-refractivity contribution in [3.8, 4) is 0 Å². The standard InChI is InChI=1S/C10H11F2N/c11-9-3-1-2-7(4-9)10(12)5-8(10)6-13/h1-4,8H,5-6,13H2/t8-,10+/m0/s1. The van der Waals surface area contributed by atoms with Crippen molar-refractivity contribution in [2.24, 2.45) is 11.7 Å². The van der Waals surface area contributed by atoms with Crippen molar-refractivity contribution >= 4 is 0 Å². The average molecular weight is 183 g/mol. The Morgan fingerprint density at radius 3 is 2.85 bits per heavy atom. The molecular weight excluding hydrogens is 172 g/mol. The van der Waals surface area contributed by atoms with Gasteiger partial charge < -0.3 is 5.73 Å². The molecule has 0 spiro atoms. The van der Waals surface area contributed by atoms with Crippen LogP contribution in [0, 0.1) is 11.7 Å². The van der Waals surface area contributed by atoms with E-state index in [4.69, 9.17) is 5.73 Å². The maximum atomic E-state index is 13.8. The van der Waals surface area contributed by atoms with Crippen molar-refractivity contribution in [3.63, 3.8) is 0 Å². The topological polar surface area (TPSA) is 26.0 Å². The third kappa shape index (κ3) is 1.33. The van der Waals surface area contributed by atoms with Gasteiger partial charge in [-0.05, 0) is 30.7 Å². The van der Waals surface area contributed by atoms with Gasteiger partial charge in [-0.2, -0.15) is 0 Å². The molecule has 2 rings (SSSR count). The minimum Gasteiger partial charge on any atom is -0.330 e. The smallest absolute Gasteiger partial charge is 0.140 e. The van der Waals surface area contributed by atoms with Crippen LogP contribution in [0.5, 0.6) is 0 Å². The Morgan fingerprint density at radius 1 is 1.54 bits per heavy atom. The summed E-state index contributed by atoms with van der Waals surface area (Å²) >= 11 is 0. The highest BCUT2D eigenvalue weighted by Gasteiger charge is 2.55. The molecule has 1 fully saturated rings. The molecule has 0 aliphatic heterocycles. The van der Waals surface area contributed by atoms with E-state index in [1.807, 2.05) is 0 Å². The van der Waals surface area contributed by atoms with Gasteiger partial charge in [0, 0.05) is 5.92 Å². The van der Waals surface area contributed by atoms with E-state index in [1.165, 1.54) is 18.2 Å². The van der Waals surface area contributed by atoms with Crippen LogP contribution < -0.4 is 5.73 Å². The van der Waals surface area contributed by atoms with Gasteiger partial charge in [0.1, 0.15) is 11.5 Å². The highest BCUT2D eigenvalue weighted by atomic mass is 19.1. The fraction of sp³-hybridized carbons (Fsp3) is 0.400. The molecule has 2 N–H and O–H groups in total. The Bertz CT molecular complexity index is 326. The number of hydrogen-bond acceptors (Lipinski definition) is 1. The van der Waals surface area contributed by atoms with E-state index in [0.717, 1.165) is 0 Å². The van der Waals surface area contributed by atoms with Crippen LogP contribution in [-0.4, -0.2) is 6.54 Å². The van der Waals surface area contributed by atoms with Gasteiger partial charge >= 0.3 is 0 Å². The summed E-state index contributed by atoms with van der Waals surface area (Å²) in [6, 6.07) is 5.69. The van der Waals surface area contributed by atoms with E-state index in [9.17, 15) is 8.78 Å². The zero-order chi connectivity index (χ0) is 9.47. The summed E-state index contributed by atoms with van der Waals surface area (Å²) in [4.78, 5) is 0. The van der Waals surface area contributed by atoms with Gasteiger partial charge in [-0.3, -0.25) is 0 Å². The van der Waals surface area contributed by atoms with Gasteiger partial charge in [-0.25, -0.2) is 8.78 Å². The quantitative estimate of drug-likeness (QED) is 0.745. The number of hydrogen-bond donors (Lipinski definition) is 1. The van der Waals surface area contributed by atoms with Crippen molar-refractivity contribution in [2.75, 3.05) is 6.54 Å². The molecule has 0 heterocycles. The molecule has 3 heteroatoms. The van der Waals surface area contributed by atoms with Crippen LogP contribution in [0.25, 0.3) is 0 Å². The molecule has 1 aliphatic rings. The van der Waals surface area contributed by atoms with Crippen LogP contribution in [-0.2, 0) is 5.67 Å². The Kier molecular flexibility index (Phi) is 1.84. The second-order valence-electron chi connectivity index (χ2n) is 3.51. The molecule has 1 aromatic rings. The van der Waals surface area contributed by atoms with Crippen molar-refractivity contribution in [1.29, 1.82) is 0 Å². The number of nitrogens with two attached hydrogens (primary N) is 1. The van der Waals surface area contributed by atoms with Crippen LogP contribution >= 0.6 is 0 Å². The molecule has 70 valence electrons. The molecule has 0 saturated heterocycles. The summed E-state index contributed by atoms with van der Waals surface area (Å²) in [5, 5.41) is 0. The van der Waals surface area contributed by atoms with Gasteiger partial charge in [0.25, 0.3) is 0 Å². The minimum atomic E-state index is -1.36. The van der Waals surface area contributed by atoms with Crippen molar-refractivity contribution in [3.05, 3.63) is 35.6 Å². The van der Waals surface area contributed by atoms with Crippen molar-refractivity contribution in [2.45, 2.75) is 12.1 Å². The first-order valence-electron chi connectivity index (χ1n) is 4.32. The van der Waals surface area contributed by atoms with Crippen LogP contribution in [0.3, 0.4) is 0 Å². The Labute approximate surface area is 75.6 Å². The van der Waals surface area contributed by atoms with Crippen LogP contribution in [0.2, 0.25) is 0 Å². The maximum absolute atomic E-state index is 13.8. The zero-order valence-corrected chi connectivity index (χ0v) is 7.13. The molecule has 0 bridgehead atoms. The zero-order valence-electron chi connectivity index (χ0n) is 7.13. The predicted octanol–water partition coefficient (Wildman–Crippen LogP) is 1.97. The summed E-state index contributed by atoms with van der Waals surface area (Å²) in [6.07, 6.45) is 0.424. The van der Waals surface area contributed by atoms with Crippen LogP contribution in [0.1, 0.15) is 12.0 Å². The highest BCUT2D eigenvalue weighted by Crippen LogP contribution is 2.54. The molecule has 1 aliphatic carbocycles. The van der Waals surface area contributed by atoms with E-state index < -0.39 is 11.5 Å². The Balaban J connectivity index is 2.27. The summed E-state index contributed by atoms with van der Waals surface area (Å²) in [7, 11) is 0. The molecular formula is C10H11F2N. The van der Waals surface area contributed by atoms with Gasteiger partial charge in [0.2, 0.25) is 0 Å². The lowest BCUT2D eigenvalue weighted by atomic mass is 10.1. The summed E-state index contributed by atoms with van der Waals surface area (Å²) in [6.45, 7) is 0.326. The molecule has 1 aromatic carbocycles. The maximum Gasteiger partial charge on any atom is 0.140 e. The fourth-order valence-corrected chi connectivity index (χ4v) is 1.67. The van der Waals surface area contributed by atoms with Gasteiger partial charge in [-0.15, -0.1) is 0 Å². The third-order valence-electron chi connectivity index (χ3n) is 2.62. The first kappa shape index (κ1) is 8.63. The fourth-order valence-electron chi connectivity index (χ4n) is 1.67. The van der Waals surface area contributed by atoms with Gasteiger partial charge in [-0.1, -0.05) is 12.1 Å². The van der Waals surface area contributed by atoms with E-state index in [1.54, 1.807) is 6.07 Å². The van der Waals surface area contributed by atoms with E-state index >= 15 is 0 Å². The number of halogens is 2. The van der Waals surface area contributed by atoms with E-state index in [-0.39, 0.29) is 5.92 Å². The summed E-state index contributed by atoms with van der Waals surface area (Å²) in [5.41, 5.74) is 4.41. The third-order valence-corrected chi connectivity index (χ3v) is 2.62. The molecule has 13 heavy (non-hydrogen) atoms. The van der Waals surface area contributed by atoms with Gasteiger partial charge in [0.15, 0.2) is 0 Å². The van der Waals surface area contributed by atoms with E-state index in [2.05, 4.69) is 0 Å². The first-order chi connectivity index (χ1) is 6.16. The number of benzene rings is 1. The summed E-state index contributed by atoms with van der Waals surface area (Å²) < 4.78 is 26.6. The highest BCUT2D eigenvalue weighted by molar-refractivity contribution is 5.30. The normalized spacial score (nSPS) is 31.8. The first-order valence-corrected chi connectivity index (χ1v) is 4.32.